The lowest BCUT2D eigenvalue weighted by atomic mass is 10.1. The first kappa shape index (κ1) is 19.0. The molecule has 2 aliphatic heterocycles. The summed E-state index contributed by atoms with van der Waals surface area (Å²) in [6.45, 7) is 10.4. The fourth-order valence-electron chi connectivity index (χ4n) is 4.78. The Kier molecular flexibility index (Phi) is 4.69. The highest BCUT2D eigenvalue weighted by atomic mass is 16.5. The topological polar surface area (TPSA) is 37.7 Å². The van der Waals surface area contributed by atoms with Crippen molar-refractivity contribution in [1.29, 1.82) is 0 Å². The first-order chi connectivity index (χ1) is 14.6. The van der Waals surface area contributed by atoms with Gasteiger partial charge in [-0.3, -0.25) is 4.79 Å². The highest BCUT2D eigenvalue weighted by Gasteiger charge is 2.29. The standard InChI is InChI=1S/C25H29N3O2/c1-4-20-16-28-22(15-19-8-6-10-23(30-20)24(19)28)25(29)27-13-11-26(12-14-27)21-9-5-7-17(2)18(21)3/h5-10,15,20H,4,11-14,16H2,1-3H3/t20-/m0/s1. The van der Waals surface area contributed by atoms with Gasteiger partial charge in [0, 0.05) is 37.3 Å². The number of anilines is 1. The molecule has 2 aromatic carbocycles. The number of carbonyl (C=O) groups excluding carboxylic acids is 1. The van der Waals surface area contributed by atoms with E-state index < -0.39 is 0 Å². The number of rotatable bonds is 3. The molecule has 3 aromatic rings. The minimum absolute atomic E-state index is 0.114. The Morgan fingerprint density at radius 1 is 1.07 bits per heavy atom. The van der Waals surface area contributed by atoms with E-state index in [1.807, 2.05) is 23.1 Å². The summed E-state index contributed by atoms with van der Waals surface area (Å²) in [4.78, 5) is 17.9. The molecule has 5 nitrogen and oxygen atoms in total. The summed E-state index contributed by atoms with van der Waals surface area (Å²) in [6, 6.07) is 14.6. The molecule has 0 spiro atoms. The Labute approximate surface area is 177 Å². The van der Waals surface area contributed by atoms with Crippen LogP contribution in [0.4, 0.5) is 5.69 Å². The van der Waals surface area contributed by atoms with E-state index in [1.165, 1.54) is 16.8 Å². The van der Waals surface area contributed by atoms with Crippen molar-refractivity contribution >= 4 is 22.5 Å². The Hall–Kier alpha value is -2.95. The van der Waals surface area contributed by atoms with Crippen LogP contribution >= 0.6 is 0 Å². The Morgan fingerprint density at radius 2 is 1.83 bits per heavy atom. The third-order valence-corrected chi connectivity index (χ3v) is 6.72. The zero-order valence-electron chi connectivity index (χ0n) is 18.0. The van der Waals surface area contributed by atoms with E-state index in [-0.39, 0.29) is 12.0 Å². The lowest BCUT2D eigenvalue weighted by Gasteiger charge is -2.37. The van der Waals surface area contributed by atoms with Crippen LogP contribution in [0.1, 0.15) is 35.0 Å². The molecule has 0 saturated carbocycles. The molecule has 0 aliphatic carbocycles. The molecule has 2 aliphatic rings. The predicted molar refractivity (Wildman–Crippen MR) is 121 cm³/mol. The van der Waals surface area contributed by atoms with Crippen molar-refractivity contribution in [2.45, 2.75) is 39.8 Å². The van der Waals surface area contributed by atoms with Crippen LogP contribution in [0.5, 0.6) is 5.75 Å². The molecule has 0 bridgehead atoms. The molecule has 156 valence electrons. The number of hydrogen-bond acceptors (Lipinski definition) is 3. The first-order valence-electron chi connectivity index (χ1n) is 11.0. The molecule has 3 heterocycles. The molecule has 1 saturated heterocycles. The van der Waals surface area contributed by atoms with Crippen LogP contribution in [0.25, 0.3) is 10.9 Å². The third kappa shape index (κ3) is 3.04. The van der Waals surface area contributed by atoms with Gasteiger partial charge in [-0.15, -0.1) is 0 Å². The largest absolute Gasteiger partial charge is 0.486 e. The number of piperazine rings is 1. The van der Waals surface area contributed by atoms with Gasteiger partial charge in [-0.2, -0.15) is 0 Å². The van der Waals surface area contributed by atoms with E-state index in [0.717, 1.165) is 61.5 Å². The number of ether oxygens (including phenoxy) is 1. The van der Waals surface area contributed by atoms with Crippen LogP contribution in [0.2, 0.25) is 0 Å². The number of aromatic nitrogens is 1. The summed E-state index contributed by atoms with van der Waals surface area (Å²) in [6.07, 6.45) is 1.04. The smallest absolute Gasteiger partial charge is 0.270 e. The summed E-state index contributed by atoms with van der Waals surface area (Å²) >= 11 is 0. The minimum atomic E-state index is 0.114. The molecule has 1 fully saturated rings. The maximum atomic E-state index is 13.5. The monoisotopic (exact) mass is 403 g/mol. The van der Waals surface area contributed by atoms with Crippen molar-refractivity contribution in [2.75, 3.05) is 31.1 Å². The van der Waals surface area contributed by atoms with Crippen molar-refractivity contribution in [3.8, 4) is 5.75 Å². The number of hydrogen-bond donors (Lipinski definition) is 0. The summed E-state index contributed by atoms with van der Waals surface area (Å²) in [5.41, 5.74) is 5.78. The molecule has 0 N–H and O–H groups in total. The molecule has 30 heavy (non-hydrogen) atoms. The van der Waals surface area contributed by atoms with Gasteiger partial charge in [0.15, 0.2) is 0 Å². The van der Waals surface area contributed by atoms with Crippen LogP contribution in [0.15, 0.2) is 42.5 Å². The number of para-hydroxylation sites is 1. The summed E-state index contributed by atoms with van der Waals surface area (Å²) in [7, 11) is 0. The van der Waals surface area contributed by atoms with Gasteiger partial charge in [-0.1, -0.05) is 31.2 Å². The van der Waals surface area contributed by atoms with Crippen LogP contribution in [-0.2, 0) is 6.54 Å². The van der Waals surface area contributed by atoms with Crippen LogP contribution in [0.3, 0.4) is 0 Å². The van der Waals surface area contributed by atoms with Gasteiger partial charge in [-0.25, -0.2) is 0 Å². The SMILES string of the molecule is CC[C@H]1Cn2c(C(=O)N3CCN(c4cccc(C)c4C)CC3)cc3cccc(c32)O1. The zero-order chi connectivity index (χ0) is 20.8. The second-order valence-corrected chi connectivity index (χ2v) is 8.48. The molecule has 5 heteroatoms. The van der Waals surface area contributed by atoms with Gasteiger partial charge in [-0.05, 0) is 49.6 Å². The van der Waals surface area contributed by atoms with Crippen LogP contribution in [0, 0.1) is 13.8 Å². The lowest BCUT2D eigenvalue weighted by Crippen LogP contribution is -2.49. The zero-order valence-corrected chi connectivity index (χ0v) is 18.0. The minimum Gasteiger partial charge on any atom is -0.486 e. The van der Waals surface area contributed by atoms with E-state index in [9.17, 15) is 4.79 Å². The second-order valence-electron chi connectivity index (χ2n) is 8.48. The predicted octanol–water partition coefficient (Wildman–Crippen LogP) is 4.39. The van der Waals surface area contributed by atoms with Crippen molar-refractivity contribution in [2.24, 2.45) is 0 Å². The Bertz CT molecular complexity index is 1110. The van der Waals surface area contributed by atoms with Gasteiger partial charge in [0.25, 0.3) is 5.91 Å². The second kappa shape index (κ2) is 7.38. The third-order valence-electron chi connectivity index (χ3n) is 6.72. The summed E-state index contributed by atoms with van der Waals surface area (Å²) in [5, 5.41) is 1.08. The lowest BCUT2D eigenvalue weighted by molar-refractivity contribution is 0.0730. The summed E-state index contributed by atoms with van der Waals surface area (Å²) in [5.74, 6) is 1.03. The van der Waals surface area contributed by atoms with E-state index in [1.54, 1.807) is 0 Å². The van der Waals surface area contributed by atoms with E-state index in [2.05, 4.69) is 54.5 Å². The first-order valence-corrected chi connectivity index (χ1v) is 11.0. The molecular weight excluding hydrogens is 374 g/mol. The number of carbonyl (C=O) groups is 1. The number of amides is 1. The molecule has 1 amide bonds. The maximum absolute atomic E-state index is 13.5. The van der Waals surface area contributed by atoms with Gasteiger partial charge in [0.05, 0.1) is 12.1 Å². The quantitative estimate of drug-likeness (QED) is 0.651. The normalized spacial score (nSPS) is 18.6. The fourth-order valence-corrected chi connectivity index (χ4v) is 4.78. The Balaban J connectivity index is 1.39. The Morgan fingerprint density at radius 3 is 2.60 bits per heavy atom. The summed E-state index contributed by atoms with van der Waals surface area (Å²) < 4.78 is 8.31. The van der Waals surface area contributed by atoms with Crippen molar-refractivity contribution in [1.82, 2.24) is 9.47 Å². The van der Waals surface area contributed by atoms with Crippen molar-refractivity contribution in [3.63, 3.8) is 0 Å². The van der Waals surface area contributed by atoms with Crippen molar-refractivity contribution < 1.29 is 9.53 Å². The number of aryl methyl sites for hydroxylation is 1. The highest BCUT2D eigenvalue weighted by molar-refractivity contribution is 6.00. The van der Waals surface area contributed by atoms with Crippen LogP contribution < -0.4 is 9.64 Å². The number of benzene rings is 2. The van der Waals surface area contributed by atoms with E-state index >= 15 is 0 Å². The molecular formula is C25H29N3O2. The average molecular weight is 404 g/mol. The van der Waals surface area contributed by atoms with Gasteiger partial charge < -0.3 is 19.1 Å². The molecule has 5 rings (SSSR count). The fraction of sp³-hybridized carbons (Fsp3) is 0.400. The maximum Gasteiger partial charge on any atom is 0.270 e. The van der Waals surface area contributed by atoms with Crippen LogP contribution in [-0.4, -0.2) is 47.7 Å². The van der Waals surface area contributed by atoms with Gasteiger partial charge in [0.1, 0.15) is 17.5 Å². The van der Waals surface area contributed by atoms with E-state index in [0.29, 0.717) is 0 Å². The molecule has 0 radical (unpaired) electrons. The highest BCUT2D eigenvalue weighted by Crippen LogP contribution is 2.35. The molecule has 1 aromatic heterocycles. The van der Waals surface area contributed by atoms with E-state index in [4.69, 9.17) is 4.74 Å². The number of nitrogens with zero attached hydrogens (tertiary/aromatic N) is 3. The average Bonchev–Trinajstić information content (AvgIpc) is 3.15. The van der Waals surface area contributed by atoms with Gasteiger partial charge in [0.2, 0.25) is 0 Å². The van der Waals surface area contributed by atoms with Gasteiger partial charge >= 0.3 is 0 Å². The van der Waals surface area contributed by atoms with Crippen molar-refractivity contribution in [3.05, 3.63) is 59.3 Å². The molecule has 1 atom stereocenters. The molecule has 0 unspecified atom stereocenters.